The summed E-state index contributed by atoms with van der Waals surface area (Å²) in [6.07, 6.45) is 3.23. The van der Waals surface area contributed by atoms with Gasteiger partial charge in [0.25, 0.3) is 5.91 Å². The lowest BCUT2D eigenvalue weighted by Crippen LogP contribution is -2.53. The minimum atomic E-state index is -0.783. The summed E-state index contributed by atoms with van der Waals surface area (Å²) in [6, 6.07) is 11.6. The van der Waals surface area contributed by atoms with E-state index in [0.29, 0.717) is 24.7 Å². The quantitative estimate of drug-likeness (QED) is 0.807. The fraction of sp³-hybridized carbons (Fsp3) is 0.409. The van der Waals surface area contributed by atoms with Crippen molar-refractivity contribution in [3.63, 3.8) is 0 Å². The monoisotopic (exact) mass is 370 g/mol. The number of carbonyl (C=O) groups is 1. The summed E-state index contributed by atoms with van der Waals surface area (Å²) in [5.74, 6) is -2.07. The first-order valence-corrected chi connectivity index (χ1v) is 9.59. The number of amides is 1. The van der Waals surface area contributed by atoms with Crippen LogP contribution in [0.5, 0.6) is 0 Å². The van der Waals surface area contributed by atoms with Crippen LogP contribution in [-0.2, 0) is 12.8 Å². The number of halogens is 2. The van der Waals surface area contributed by atoms with Crippen LogP contribution in [0.3, 0.4) is 0 Å². The molecule has 0 bridgehead atoms. The molecule has 0 saturated carbocycles. The number of hydrogen-bond acceptors (Lipinski definition) is 2. The Bertz CT molecular complexity index is 859. The van der Waals surface area contributed by atoms with E-state index in [1.54, 1.807) is 11.8 Å². The van der Waals surface area contributed by atoms with E-state index in [4.69, 9.17) is 0 Å². The Balaban J connectivity index is 1.41. The molecule has 2 aromatic carbocycles. The Morgan fingerprint density at radius 2 is 1.70 bits per heavy atom. The normalized spacial score (nSPS) is 20.4. The van der Waals surface area contributed by atoms with Gasteiger partial charge in [-0.3, -0.25) is 9.69 Å². The molecule has 27 heavy (non-hydrogen) atoms. The highest BCUT2D eigenvalue weighted by atomic mass is 19.1. The molecule has 4 rings (SSSR count). The van der Waals surface area contributed by atoms with Crippen LogP contribution in [0.15, 0.2) is 36.4 Å². The van der Waals surface area contributed by atoms with Gasteiger partial charge in [0, 0.05) is 32.2 Å². The molecule has 0 spiro atoms. The average molecular weight is 370 g/mol. The molecule has 0 N–H and O–H groups in total. The van der Waals surface area contributed by atoms with Crippen LogP contribution in [0.1, 0.15) is 33.5 Å². The molecule has 1 heterocycles. The van der Waals surface area contributed by atoms with Gasteiger partial charge >= 0.3 is 0 Å². The Morgan fingerprint density at radius 3 is 2.44 bits per heavy atom. The van der Waals surface area contributed by atoms with E-state index in [0.717, 1.165) is 32.4 Å². The van der Waals surface area contributed by atoms with Gasteiger partial charge in [0.2, 0.25) is 0 Å². The summed E-state index contributed by atoms with van der Waals surface area (Å²) in [7, 11) is 0. The first-order chi connectivity index (χ1) is 13.0. The fourth-order valence-corrected chi connectivity index (χ4v) is 4.29. The van der Waals surface area contributed by atoms with E-state index in [1.165, 1.54) is 23.3 Å². The number of fused-ring (bicyclic) bond motifs is 1. The van der Waals surface area contributed by atoms with Gasteiger partial charge in [-0.15, -0.1) is 0 Å². The SMILES string of the molecule is Cc1ccc(F)c(C(=O)N2CCN([C@@H]3CCc4ccccc4C3)CC2)c1F. The molecule has 1 saturated heterocycles. The summed E-state index contributed by atoms with van der Waals surface area (Å²) in [6.45, 7) is 4.04. The summed E-state index contributed by atoms with van der Waals surface area (Å²) in [5, 5.41) is 0. The number of aryl methyl sites for hydroxylation is 2. The molecule has 142 valence electrons. The van der Waals surface area contributed by atoms with Crippen molar-refractivity contribution < 1.29 is 13.6 Å². The number of carbonyl (C=O) groups excluding carboxylic acids is 1. The van der Waals surface area contributed by atoms with Crippen LogP contribution in [0.4, 0.5) is 8.78 Å². The first kappa shape index (κ1) is 18.1. The zero-order chi connectivity index (χ0) is 19.0. The van der Waals surface area contributed by atoms with Gasteiger partial charge < -0.3 is 4.90 Å². The van der Waals surface area contributed by atoms with E-state index >= 15 is 0 Å². The van der Waals surface area contributed by atoms with Crippen molar-refractivity contribution >= 4 is 5.91 Å². The highest BCUT2D eigenvalue weighted by molar-refractivity contribution is 5.95. The van der Waals surface area contributed by atoms with Crippen LogP contribution < -0.4 is 0 Å². The maximum Gasteiger partial charge on any atom is 0.259 e. The third-order valence-corrected chi connectivity index (χ3v) is 5.94. The van der Waals surface area contributed by atoms with Crippen molar-refractivity contribution in [3.8, 4) is 0 Å². The number of hydrogen-bond donors (Lipinski definition) is 0. The van der Waals surface area contributed by atoms with E-state index < -0.39 is 23.1 Å². The van der Waals surface area contributed by atoms with Crippen LogP contribution in [0, 0.1) is 18.6 Å². The summed E-state index contributed by atoms with van der Waals surface area (Å²) >= 11 is 0. The predicted molar refractivity (Wildman–Crippen MR) is 101 cm³/mol. The fourth-order valence-electron chi connectivity index (χ4n) is 4.29. The van der Waals surface area contributed by atoms with Crippen molar-refractivity contribution in [2.24, 2.45) is 0 Å². The highest BCUT2D eigenvalue weighted by Gasteiger charge is 2.31. The van der Waals surface area contributed by atoms with Crippen LogP contribution in [-0.4, -0.2) is 47.9 Å². The van der Waals surface area contributed by atoms with Gasteiger partial charge in [-0.2, -0.15) is 0 Å². The molecule has 1 aliphatic heterocycles. The number of piperazine rings is 1. The maximum atomic E-state index is 14.3. The second-order valence-corrected chi connectivity index (χ2v) is 7.55. The number of nitrogens with zero attached hydrogens (tertiary/aromatic N) is 2. The largest absolute Gasteiger partial charge is 0.336 e. The lowest BCUT2D eigenvalue weighted by Gasteiger charge is -2.41. The topological polar surface area (TPSA) is 23.6 Å². The Kier molecular flexibility index (Phi) is 4.96. The molecule has 2 aliphatic rings. The second-order valence-electron chi connectivity index (χ2n) is 7.55. The molecular formula is C22H24F2N2O. The summed E-state index contributed by atoms with van der Waals surface area (Å²) < 4.78 is 28.3. The molecule has 1 atom stereocenters. The van der Waals surface area contributed by atoms with Crippen molar-refractivity contribution in [1.29, 1.82) is 0 Å². The van der Waals surface area contributed by atoms with E-state index in [1.807, 2.05) is 0 Å². The van der Waals surface area contributed by atoms with Crippen molar-refractivity contribution in [1.82, 2.24) is 9.80 Å². The first-order valence-electron chi connectivity index (χ1n) is 9.59. The Morgan fingerprint density at radius 1 is 1.00 bits per heavy atom. The lowest BCUT2D eigenvalue weighted by molar-refractivity contribution is 0.0544. The van der Waals surface area contributed by atoms with Gasteiger partial charge in [-0.05, 0) is 48.9 Å². The second kappa shape index (κ2) is 7.39. The van der Waals surface area contributed by atoms with Gasteiger partial charge in [0.15, 0.2) is 0 Å². The summed E-state index contributed by atoms with van der Waals surface area (Å²) in [4.78, 5) is 16.7. The summed E-state index contributed by atoms with van der Waals surface area (Å²) in [5.41, 5.74) is 2.72. The highest BCUT2D eigenvalue weighted by Crippen LogP contribution is 2.26. The standard InChI is InChI=1S/C22H24F2N2O/c1-15-6-9-19(23)20(21(15)24)22(27)26-12-10-25(11-13-26)18-8-7-16-4-2-3-5-17(16)14-18/h2-6,9,18H,7-8,10-14H2,1H3/t18-/m1/s1. The van der Waals surface area contributed by atoms with Crippen molar-refractivity contribution in [2.45, 2.75) is 32.2 Å². The molecule has 0 radical (unpaired) electrons. The van der Waals surface area contributed by atoms with E-state index in [9.17, 15) is 13.6 Å². The third-order valence-electron chi connectivity index (χ3n) is 5.94. The minimum absolute atomic E-state index is 0.291. The van der Waals surface area contributed by atoms with Crippen LogP contribution in [0.25, 0.3) is 0 Å². The molecule has 0 aromatic heterocycles. The predicted octanol–water partition coefficient (Wildman–Crippen LogP) is 3.59. The van der Waals surface area contributed by atoms with Gasteiger partial charge in [-0.25, -0.2) is 8.78 Å². The molecule has 1 amide bonds. The van der Waals surface area contributed by atoms with Gasteiger partial charge in [0.1, 0.15) is 17.2 Å². The molecular weight excluding hydrogens is 346 g/mol. The van der Waals surface area contributed by atoms with Crippen LogP contribution >= 0.6 is 0 Å². The van der Waals surface area contributed by atoms with E-state index in [2.05, 4.69) is 29.2 Å². The molecule has 5 heteroatoms. The third kappa shape index (κ3) is 3.48. The minimum Gasteiger partial charge on any atom is -0.336 e. The Hall–Kier alpha value is -2.27. The van der Waals surface area contributed by atoms with Crippen molar-refractivity contribution in [3.05, 3.63) is 70.3 Å². The number of rotatable bonds is 2. The Labute approximate surface area is 158 Å². The molecule has 2 aromatic rings. The van der Waals surface area contributed by atoms with E-state index in [-0.39, 0.29) is 0 Å². The van der Waals surface area contributed by atoms with Gasteiger partial charge in [0.05, 0.1) is 0 Å². The average Bonchev–Trinajstić information content (AvgIpc) is 2.71. The molecule has 3 nitrogen and oxygen atoms in total. The van der Waals surface area contributed by atoms with Crippen molar-refractivity contribution in [2.75, 3.05) is 26.2 Å². The maximum absolute atomic E-state index is 14.3. The molecule has 0 unspecified atom stereocenters. The zero-order valence-electron chi connectivity index (χ0n) is 15.5. The number of benzene rings is 2. The van der Waals surface area contributed by atoms with Gasteiger partial charge in [-0.1, -0.05) is 30.3 Å². The molecule has 1 aliphatic carbocycles. The zero-order valence-corrected chi connectivity index (χ0v) is 15.5. The smallest absolute Gasteiger partial charge is 0.259 e. The lowest BCUT2D eigenvalue weighted by atomic mass is 9.87. The molecule has 1 fully saturated rings. The van der Waals surface area contributed by atoms with Crippen LogP contribution in [0.2, 0.25) is 0 Å².